The first-order valence-electron chi connectivity index (χ1n) is 8.18. The van der Waals surface area contributed by atoms with Crippen LogP contribution in [0.2, 0.25) is 0 Å². The van der Waals surface area contributed by atoms with E-state index in [1.54, 1.807) is 24.3 Å². The van der Waals surface area contributed by atoms with Gasteiger partial charge in [-0.3, -0.25) is 20.2 Å². The molecule has 1 aromatic heterocycles. The van der Waals surface area contributed by atoms with E-state index in [0.29, 0.717) is 17.3 Å². The molecule has 0 saturated heterocycles. The molecule has 27 heavy (non-hydrogen) atoms. The average molecular weight is 383 g/mol. The molecular formula is C19H17N3O4S. The van der Waals surface area contributed by atoms with Crippen molar-refractivity contribution in [3.05, 3.63) is 80.8 Å². The molecular weight excluding hydrogens is 366 g/mol. The zero-order chi connectivity index (χ0) is 19.2. The van der Waals surface area contributed by atoms with Crippen LogP contribution in [0.25, 0.3) is 0 Å². The molecule has 0 radical (unpaired) electrons. The zero-order valence-electron chi connectivity index (χ0n) is 14.5. The number of nitro groups is 1. The lowest BCUT2D eigenvalue weighted by molar-refractivity contribution is -0.384. The number of nitrogens with one attached hydrogen (secondary N) is 1. The summed E-state index contributed by atoms with van der Waals surface area (Å²) >= 11 is 1.38. The van der Waals surface area contributed by atoms with E-state index >= 15 is 0 Å². The van der Waals surface area contributed by atoms with Gasteiger partial charge < -0.3 is 4.74 Å². The van der Waals surface area contributed by atoms with Crippen LogP contribution < -0.4 is 10.1 Å². The van der Waals surface area contributed by atoms with Gasteiger partial charge in [-0.25, -0.2) is 4.98 Å². The Morgan fingerprint density at radius 3 is 2.56 bits per heavy atom. The van der Waals surface area contributed by atoms with Crippen molar-refractivity contribution < 1.29 is 14.5 Å². The van der Waals surface area contributed by atoms with Gasteiger partial charge in [0.05, 0.1) is 10.6 Å². The molecule has 0 fully saturated rings. The van der Waals surface area contributed by atoms with Crippen molar-refractivity contribution in [2.75, 3.05) is 11.9 Å². The molecule has 1 heterocycles. The molecule has 0 aliphatic heterocycles. The number of para-hydroxylation sites is 1. The third-order valence-electron chi connectivity index (χ3n) is 3.76. The van der Waals surface area contributed by atoms with Crippen molar-refractivity contribution in [3.8, 4) is 5.75 Å². The lowest BCUT2D eigenvalue weighted by Gasteiger charge is -2.05. The molecule has 0 spiro atoms. The van der Waals surface area contributed by atoms with E-state index in [2.05, 4.69) is 10.3 Å². The number of aromatic nitrogens is 1. The lowest BCUT2D eigenvalue weighted by atomic mass is 10.1. The van der Waals surface area contributed by atoms with Crippen molar-refractivity contribution in [1.29, 1.82) is 0 Å². The number of aryl methyl sites for hydroxylation is 1. The number of hydrogen-bond acceptors (Lipinski definition) is 6. The number of carbonyl (C=O) groups is 1. The topological polar surface area (TPSA) is 94.4 Å². The van der Waals surface area contributed by atoms with Crippen molar-refractivity contribution in [3.63, 3.8) is 0 Å². The van der Waals surface area contributed by atoms with E-state index in [1.807, 2.05) is 25.1 Å². The number of anilines is 1. The maximum absolute atomic E-state index is 12.0. The number of non-ortho nitro benzene ring substituents is 1. The van der Waals surface area contributed by atoms with Crippen LogP contribution in [0, 0.1) is 17.0 Å². The van der Waals surface area contributed by atoms with Gasteiger partial charge in [-0.2, -0.15) is 0 Å². The molecule has 0 aliphatic carbocycles. The summed E-state index contributed by atoms with van der Waals surface area (Å²) in [4.78, 5) is 27.7. The van der Waals surface area contributed by atoms with E-state index in [1.165, 1.54) is 23.5 Å². The third kappa shape index (κ3) is 5.11. The normalized spacial score (nSPS) is 10.4. The number of benzene rings is 2. The number of rotatable bonds is 7. The number of ether oxygens (including phenoxy) is 1. The molecule has 0 saturated carbocycles. The Hall–Kier alpha value is -3.26. The van der Waals surface area contributed by atoms with Gasteiger partial charge in [-0.15, -0.1) is 11.3 Å². The third-order valence-corrected chi connectivity index (χ3v) is 4.84. The van der Waals surface area contributed by atoms with Crippen LogP contribution in [-0.2, 0) is 11.2 Å². The van der Waals surface area contributed by atoms with Gasteiger partial charge in [0.2, 0.25) is 0 Å². The summed E-state index contributed by atoms with van der Waals surface area (Å²) < 4.78 is 5.41. The highest BCUT2D eigenvalue weighted by molar-refractivity contribution is 7.15. The second-order valence-electron chi connectivity index (χ2n) is 5.78. The molecule has 8 heteroatoms. The van der Waals surface area contributed by atoms with E-state index in [-0.39, 0.29) is 18.2 Å². The van der Waals surface area contributed by atoms with Crippen LogP contribution in [0.1, 0.15) is 16.1 Å². The number of amides is 1. The molecule has 0 bridgehead atoms. The van der Waals surface area contributed by atoms with E-state index in [4.69, 9.17) is 4.74 Å². The van der Waals surface area contributed by atoms with Crippen LogP contribution >= 0.6 is 11.3 Å². The smallest absolute Gasteiger partial charge is 0.269 e. The van der Waals surface area contributed by atoms with Gasteiger partial charge >= 0.3 is 0 Å². The Bertz CT molecular complexity index is 939. The standard InChI is InChI=1S/C19H17N3O4S/c1-13-17(11-14-7-9-15(10-8-14)22(24)25)27-19(20-13)21-18(23)12-26-16-5-3-2-4-6-16/h2-10H,11-12H2,1H3,(H,20,21,23). The second kappa shape index (κ2) is 8.41. The first-order valence-corrected chi connectivity index (χ1v) is 9.00. The summed E-state index contributed by atoms with van der Waals surface area (Å²) in [6.45, 7) is 1.77. The van der Waals surface area contributed by atoms with Crippen LogP contribution in [-0.4, -0.2) is 22.4 Å². The van der Waals surface area contributed by atoms with Crippen molar-refractivity contribution in [2.24, 2.45) is 0 Å². The second-order valence-corrected chi connectivity index (χ2v) is 6.86. The monoisotopic (exact) mass is 383 g/mol. The van der Waals surface area contributed by atoms with Crippen LogP contribution in [0.5, 0.6) is 5.75 Å². The molecule has 3 rings (SSSR count). The number of nitrogens with zero attached hydrogens (tertiary/aromatic N) is 2. The highest BCUT2D eigenvalue weighted by Crippen LogP contribution is 2.26. The summed E-state index contributed by atoms with van der Waals surface area (Å²) in [6, 6.07) is 15.5. The van der Waals surface area contributed by atoms with Crippen molar-refractivity contribution in [1.82, 2.24) is 4.98 Å². The van der Waals surface area contributed by atoms with Crippen LogP contribution in [0.4, 0.5) is 10.8 Å². The Labute approximate surface area is 159 Å². The molecule has 0 aliphatic rings. The lowest BCUT2D eigenvalue weighted by Crippen LogP contribution is -2.20. The fourth-order valence-electron chi connectivity index (χ4n) is 2.39. The summed E-state index contributed by atoms with van der Waals surface area (Å²) in [5.74, 6) is 0.344. The van der Waals surface area contributed by atoms with Crippen molar-refractivity contribution >= 4 is 28.1 Å². The number of hydrogen-bond donors (Lipinski definition) is 1. The quantitative estimate of drug-likeness (QED) is 0.492. The minimum absolute atomic E-state index is 0.0612. The van der Waals surface area contributed by atoms with Crippen LogP contribution in [0.15, 0.2) is 54.6 Å². The van der Waals surface area contributed by atoms with Gasteiger partial charge in [-0.1, -0.05) is 30.3 Å². The summed E-state index contributed by atoms with van der Waals surface area (Å²) in [6.07, 6.45) is 0.595. The maximum Gasteiger partial charge on any atom is 0.269 e. The minimum atomic E-state index is -0.424. The van der Waals surface area contributed by atoms with E-state index in [9.17, 15) is 14.9 Å². The van der Waals surface area contributed by atoms with Gasteiger partial charge in [0, 0.05) is 23.4 Å². The highest BCUT2D eigenvalue weighted by Gasteiger charge is 2.12. The Kier molecular flexibility index (Phi) is 5.77. The predicted molar refractivity (Wildman–Crippen MR) is 103 cm³/mol. The molecule has 3 aromatic rings. The van der Waals surface area contributed by atoms with Gasteiger partial charge in [0.1, 0.15) is 5.75 Å². The van der Waals surface area contributed by atoms with Gasteiger partial charge in [0.15, 0.2) is 11.7 Å². The molecule has 1 N–H and O–H groups in total. The maximum atomic E-state index is 12.0. The number of nitro benzene ring substituents is 1. The van der Waals surface area contributed by atoms with E-state index < -0.39 is 4.92 Å². The zero-order valence-corrected chi connectivity index (χ0v) is 15.4. The average Bonchev–Trinajstić information content (AvgIpc) is 3.00. The largest absolute Gasteiger partial charge is 0.484 e. The number of carbonyl (C=O) groups excluding carboxylic acids is 1. The van der Waals surface area contributed by atoms with Gasteiger partial charge in [0.25, 0.3) is 11.6 Å². The number of thiazole rings is 1. The fraction of sp³-hybridized carbons (Fsp3) is 0.158. The Balaban J connectivity index is 1.58. The molecule has 138 valence electrons. The molecule has 0 unspecified atom stereocenters. The van der Waals surface area contributed by atoms with Crippen molar-refractivity contribution in [2.45, 2.75) is 13.3 Å². The fourth-order valence-corrected chi connectivity index (χ4v) is 3.40. The molecule has 0 atom stereocenters. The molecule has 1 amide bonds. The summed E-state index contributed by atoms with van der Waals surface area (Å²) in [5, 5.41) is 14.0. The predicted octanol–water partition coefficient (Wildman–Crippen LogP) is 3.97. The molecule has 2 aromatic carbocycles. The Morgan fingerprint density at radius 2 is 1.89 bits per heavy atom. The minimum Gasteiger partial charge on any atom is -0.484 e. The van der Waals surface area contributed by atoms with Crippen LogP contribution in [0.3, 0.4) is 0 Å². The van der Waals surface area contributed by atoms with Gasteiger partial charge in [-0.05, 0) is 24.6 Å². The molecule has 7 nitrogen and oxygen atoms in total. The van der Waals surface area contributed by atoms with E-state index in [0.717, 1.165) is 16.1 Å². The summed E-state index contributed by atoms with van der Waals surface area (Å²) in [5.41, 5.74) is 1.82. The highest BCUT2D eigenvalue weighted by atomic mass is 32.1. The first-order chi connectivity index (χ1) is 13.0. The SMILES string of the molecule is Cc1nc(NC(=O)COc2ccccc2)sc1Cc1ccc([N+](=O)[O-])cc1. The summed E-state index contributed by atoms with van der Waals surface area (Å²) in [7, 11) is 0. The first kappa shape index (κ1) is 18.5. The Morgan fingerprint density at radius 1 is 1.19 bits per heavy atom.